The van der Waals surface area contributed by atoms with E-state index in [2.05, 4.69) is 0 Å². The molecule has 0 bridgehead atoms. The maximum Gasteiger partial charge on any atom is 0.335 e. The summed E-state index contributed by atoms with van der Waals surface area (Å²) in [5, 5.41) is 18.6. The summed E-state index contributed by atoms with van der Waals surface area (Å²) in [5.74, 6) is -0.625. The third-order valence-corrected chi connectivity index (χ3v) is 2.96. The predicted molar refractivity (Wildman–Crippen MR) is 70.0 cm³/mol. The van der Waals surface area contributed by atoms with Gasteiger partial charge in [-0.3, -0.25) is 0 Å². The number of carbonyl (C=O) groups is 1. The molecule has 0 aromatic heterocycles. The van der Waals surface area contributed by atoms with Gasteiger partial charge in [0.1, 0.15) is 5.75 Å². The van der Waals surface area contributed by atoms with Crippen LogP contribution in [0.3, 0.4) is 0 Å². The van der Waals surface area contributed by atoms with E-state index in [1.54, 1.807) is 24.3 Å². The Morgan fingerprint density at radius 1 is 0.944 bits per heavy atom. The van der Waals surface area contributed by atoms with Crippen molar-refractivity contribution in [2.75, 3.05) is 0 Å². The van der Waals surface area contributed by atoms with Gasteiger partial charge in [-0.15, -0.1) is 0 Å². The zero-order valence-electron chi connectivity index (χ0n) is 10.3. The van der Waals surface area contributed by atoms with E-state index in [-0.39, 0.29) is 5.56 Å². The lowest BCUT2D eigenvalue weighted by Crippen LogP contribution is -1.95. The van der Waals surface area contributed by atoms with Gasteiger partial charge in [-0.25, -0.2) is 4.79 Å². The molecule has 0 fully saturated rings. The van der Waals surface area contributed by atoms with Gasteiger partial charge >= 0.3 is 5.97 Å². The first-order valence-corrected chi connectivity index (χ1v) is 5.63. The second kappa shape index (κ2) is 4.53. The number of aromatic carboxylic acids is 1. The first-order chi connectivity index (χ1) is 8.49. The topological polar surface area (TPSA) is 57.5 Å². The molecule has 0 saturated carbocycles. The van der Waals surface area contributed by atoms with E-state index in [4.69, 9.17) is 5.11 Å². The molecule has 0 radical (unpaired) electrons. The highest BCUT2D eigenvalue weighted by Gasteiger charge is 2.06. The molecule has 3 nitrogen and oxygen atoms in total. The van der Waals surface area contributed by atoms with Crippen LogP contribution in [-0.2, 0) is 0 Å². The summed E-state index contributed by atoms with van der Waals surface area (Å²) in [6.45, 7) is 3.69. The van der Waals surface area contributed by atoms with Crippen LogP contribution in [-0.4, -0.2) is 16.2 Å². The van der Waals surface area contributed by atoms with Crippen LogP contribution < -0.4 is 0 Å². The van der Waals surface area contributed by atoms with Crippen LogP contribution in [0.1, 0.15) is 21.5 Å². The summed E-state index contributed by atoms with van der Waals surface area (Å²) in [6.07, 6.45) is 0. The zero-order chi connectivity index (χ0) is 13.3. The normalized spacial score (nSPS) is 10.3. The van der Waals surface area contributed by atoms with Crippen molar-refractivity contribution in [1.29, 1.82) is 0 Å². The molecule has 0 aliphatic heterocycles. The summed E-state index contributed by atoms with van der Waals surface area (Å²) < 4.78 is 0. The van der Waals surface area contributed by atoms with Crippen molar-refractivity contribution in [3.63, 3.8) is 0 Å². The Morgan fingerprint density at radius 2 is 1.44 bits per heavy atom. The zero-order valence-corrected chi connectivity index (χ0v) is 10.3. The SMILES string of the molecule is Cc1cc(-c2ccc(C(=O)O)cc2)cc(C)c1O. The number of carboxylic acids is 1. The van der Waals surface area contributed by atoms with Crippen LogP contribution in [0, 0.1) is 13.8 Å². The van der Waals surface area contributed by atoms with Crippen molar-refractivity contribution in [3.8, 4) is 16.9 Å². The predicted octanol–water partition coefficient (Wildman–Crippen LogP) is 3.37. The minimum absolute atomic E-state index is 0.269. The molecule has 0 heterocycles. The summed E-state index contributed by atoms with van der Waals surface area (Å²) in [6, 6.07) is 10.5. The number of rotatable bonds is 2. The van der Waals surface area contributed by atoms with Gasteiger partial charge in [-0.1, -0.05) is 12.1 Å². The summed E-state index contributed by atoms with van der Waals surface area (Å²) in [4.78, 5) is 10.8. The van der Waals surface area contributed by atoms with Crippen molar-refractivity contribution >= 4 is 5.97 Å². The van der Waals surface area contributed by atoms with Gasteiger partial charge in [0.25, 0.3) is 0 Å². The maximum atomic E-state index is 10.8. The molecule has 3 heteroatoms. The van der Waals surface area contributed by atoms with Gasteiger partial charge in [-0.2, -0.15) is 0 Å². The molecule has 92 valence electrons. The van der Waals surface area contributed by atoms with Gasteiger partial charge < -0.3 is 10.2 Å². The van der Waals surface area contributed by atoms with Gasteiger partial charge in [0.15, 0.2) is 0 Å². The molecule has 0 amide bonds. The molecule has 0 aliphatic carbocycles. The Balaban J connectivity index is 2.46. The highest BCUT2D eigenvalue weighted by Crippen LogP contribution is 2.29. The molecule has 2 aromatic rings. The fraction of sp³-hybridized carbons (Fsp3) is 0.133. The Morgan fingerprint density at radius 3 is 1.89 bits per heavy atom. The molecule has 2 rings (SSSR count). The van der Waals surface area contributed by atoms with Crippen LogP contribution in [0.4, 0.5) is 0 Å². The number of phenolic OH excluding ortho intramolecular Hbond substituents is 1. The number of aromatic hydroxyl groups is 1. The quantitative estimate of drug-likeness (QED) is 0.848. The highest BCUT2D eigenvalue weighted by atomic mass is 16.4. The van der Waals surface area contributed by atoms with Crippen LogP contribution >= 0.6 is 0 Å². The Hall–Kier alpha value is -2.29. The van der Waals surface area contributed by atoms with E-state index in [1.807, 2.05) is 26.0 Å². The van der Waals surface area contributed by atoms with E-state index >= 15 is 0 Å². The lowest BCUT2D eigenvalue weighted by molar-refractivity contribution is 0.0697. The average Bonchev–Trinajstić information content (AvgIpc) is 2.35. The van der Waals surface area contributed by atoms with E-state index < -0.39 is 5.97 Å². The minimum atomic E-state index is -0.931. The fourth-order valence-corrected chi connectivity index (χ4v) is 1.93. The molecule has 2 aromatic carbocycles. The molecule has 0 saturated heterocycles. The third-order valence-electron chi connectivity index (χ3n) is 2.96. The van der Waals surface area contributed by atoms with Crippen LogP contribution in [0.2, 0.25) is 0 Å². The number of carboxylic acid groups (broad SMARTS) is 1. The number of phenols is 1. The standard InChI is InChI=1S/C15H14O3/c1-9-7-13(8-10(2)14(9)16)11-3-5-12(6-4-11)15(17)18/h3-8,16H,1-2H3,(H,17,18). The lowest BCUT2D eigenvalue weighted by atomic mass is 9.99. The fourth-order valence-electron chi connectivity index (χ4n) is 1.93. The van der Waals surface area contributed by atoms with Crippen molar-refractivity contribution in [3.05, 3.63) is 53.1 Å². The largest absolute Gasteiger partial charge is 0.507 e. The maximum absolute atomic E-state index is 10.8. The first kappa shape index (κ1) is 12.2. The van der Waals surface area contributed by atoms with Crippen molar-refractivity contribution in [2.45, 2.75) is 13.8 Å². The second-order valence-corrected chi connectivity index (χ2v) is 4.34. The smallest absolute Gasteiger partial charge is 0.335 e. The highest BCUT2D eigenvalue weighted by molar-refractivity contribution is 5.88. The molecular formula is C15H14O3. The summed E-state index contributed by atoms with van der Waals surface area (Å²) >= 11 is 0. The number of benzene rings is 2. The van der Waals surface area contributed by atoms with Crippen molar-refractivity contribution in [1.82, 2.24) is 0 Å². The number of hydrogen-bond donors (Lipinski definition) is 2. The molecular weight excluding hydrogens is 228 g/mol. The van der Waals surface area contributed by atoms with E-state index in [0.29, 0.717) is 5.75 Å². The Labute approximate surface area is 105 Å². The Bertz CT molecular complexity index is 575. The number of hydrogen-bond acceptors (Lipinski definition) is 2. The molecule has 0 spiro atoms. The lowest BCUT2D eigenvalue weighted by Gasteiger charge is -2.08. The monoisotopic (exact) mass is 242 g/mol. The first-order valence-electron chi connectivity index (χ1n) is 5.63. The molecule has 18 heavy (non-hydrogen) atoms. The van der Waals surface area contributed by atoms with Crippen molar-refractivity contribution < 1.29 is 15.0 Å². The van der Waals surface area contributed by atoms with E-state index in [1.165, 1.54) is 0 Å². The van der Waals surface area contributed by atoms with E-state index in [0.717, 1.165) is 22.3 Å². The van der Waals surface area contributed by atoms with Gasteiger partial charge in [0.05, 0.1) is 5.56 Å². The molecule has 0 unspecified atom stereocenters. The van der Waals surface area contributed by atoms with Gasteiger partial charge in [-0.05, 0) is 60.4 Å². The average molecular weight is 242 g/mol. The molecule has 0 atom stereocenters. The van der Waals surface area contributed by atoms with Crippen LogP contribution in [0.25, 0.3) is 11.1 Å². The Kier molecular flexibility index (Phi) is 3.06. The van der Waals surface area contributed by atoms with Crippen LogP contribution in [0.5, 0.6) is 5.75 Å². The third kappa shape index (κ3) is 2.20. The van der Waals surface area contributed by atoms with Gasteiger partial charge in [0.2, 0.25) is 0 Å². The molecule has 2 N–H and O–H groups in total. The second-order valence-electron chi connectivity index (χ2n) is 4.34. The van der Waals surface area contributed by atoms with Gasteiger partial charge in [0, 0.05) is 0 Å². The van der Waals surface area contributed by atoms with Crippen molar-refractivity contribution in [2.24, 2.45) is 0 Å². The summed E-state index contributed by atoms with van der Waals surface area (Å²) in [5.41, 5.74) is 3.80. The number of aryl methyl sites for hydroxylation is 2. The van der Waals surface area contributed by atoms with E-state index in [9.17, 15) is 9.90 Å². The molecule has 0 aliphatic rings. The van der Waals surface area contributed by atoms with Crippen LogP contribution in [0.15, 0.2) is 36.4 Å². The minimum Gasteiger partial charge on any atom is -0.507 e. The summed E-state index contributed by atoms with van der Waals surface area (Å²) in [7, 11) is 0.